The summed E-state index contributed by atoms with van der Waals surface area (Å²) in [5.41, 5.74) is 4.51. The van der Waals surface area contributed by atoms with E-state index in [1.54, 1.807) is 7.11 Å². The highest BCUT2D eigenvalue weighted by molar-refractivity contribution is 6.07. The van der Waals surface area contributed by atoms with Gasteiger partial charge in [0.1, 0.15) is 5.75 Å². The number of H-pyrrole nitrogens is 1. The number of nitrogens with two attached hydrogens (primary N) is 1. The van der Waals surface area contributed by atoms with Crippen molar-refractivity contribution in [3.8, 4) is 5.75 Å². The Morgan fingerprint density at radius 3 is 3.00 bits per heavy atom. The summed E-state index contributed by atoms with van der Waals surface area (Å²) in [6.45, 7) is 2.17. The average Bonchev–Trinajstić information content (AvgIpc) is 2.76. The van der Waals surface area contributed by atoms with Crippen molar-refractivity contribution >= 4 is 16.6 Å². The zero-order chi connectivity index (χ0) is 12.7. The number of aryl methyl sites for hydroxylation is 1. The number of methoxy groups -OCH3 is 1. The van der Waals surface area contributed by atoms with Crippen LogP contribution in [0.2, 0.25) is 0 Å². The highest BCUT2D eigenvalue weighted by atomic mass is 16.5. The molecule has 94 valence electrons. The molecule has 0 fully saturated rings. The van der Waals surface area contributed by atoms with E-state index in [0.29, 0.717) is 5.92 Å². The molecule has 4 heteroatoms. The molecular formula is C14H17N3O. The van der Waals surface area contributed by atoms with Crippen molar-refractivity contribution in [3.63, 3.8) is 0 Å². The number of hydrogen-bond donors (Lipinski definition) is 2. The van der Waals surface area contributed by atoms with E-state index in [1.165, 1.54) is 10.9 Å². The molecule has 18 heavy (non-hydrogen) atoms. The molecule has 0 bridgehead atoms. The van der Waals surface area contributed by atoms with Crippen molar-refractivity contribution in [1.29, 1.82) is 0 Å². The van der Waals surface area contributed by atoms with Crippen LogP contribution in [-0.2, 0) is 6.42 Å². The molecule has 0 saturated heterocycles. The Balaban J connectivity index is 2.25. The van der Waals surface area contributed by atoms with Gasteiger partial charge in [-0.1, -0.05) is 6.92 Å². The molecule has 2 aromatic rings. The lowest BCUT2D eigenvalue weighted by atomic mass is 9.86. The van der Waals surface area contributed by atoms with Crippen LogP contribution in [0.3, 0.4) is 0 Å². The number of hydrogen-bond acceptors (Lipinski definition) is 3. The van der Waals surface area contributed by atoms with E-state index in [2.05, 4.69) is 23.1 Å². The summed E-state index contributed by atoms with van der Waals surface area (Å²) >= 11 is 0. The van der Waals surface area contributed by atoms with Crippen LogP contribution in [0.15, 0.2) is 23.3 Å². The number of ether oxygens (including phenoxy) is 1. The van der Waals surface area contributed by atoms with E-state index in [9.17, 15) is 0 Å². The predicted octanol–water partition coefficient (Wildman–Crippen LogP) is 2.42. The van der Waals surface area contributed by atoms with Gasteiger partial charge in [-0.05, 0) is 36.6 Å². The fourth-order valence-electron chi connectivity index (χ4n) is 2.77. The molecule has 0 spiro atoms. The fourth-order valence-corrected chi connectivity index (χ4v) is 2.77. The van der Waals surface area contributed by atoms with Crippen LogP contribution in [-0.4, -0.2) is 17.8 Å². The van der Waals surface area contributed by atoms with Gasteiger partial charge in [-0.3, -0.25) is 0 Å². The van der Waals surface area contributed by atoms with Gasteiger partial charge in [0.25, 0.3) is 0 Å². The van der Waals surface area contributed by atoms with E-state index in [0.717, 1.165) is 35.5 Å². The quantitative estimate of drug-likeness (QED) is 0.597. The van der Waals surface area contributed by atoms with Gasteiger partial charge in [0, 0.05) is 16.8 Å². The van der Waals surface area contributed by atoms with Crippen LogP contribution in [0.5, 0.6) is 5.75 Å². The molecule has 1 unspecified atom stereocenters. The van der Waals surface area contributed by atoms with Gasteiger partial charge in [-0.25, -0.2) is 0 Å². The van der Waals surface area contributed by atoms with Gasteiger partial charge >= 0.3 is 0 Å². The van der Waals surface area contributed by atoms with Gasteiger partial charge in [-0.2, -0.15) is 5.10 Å². The number of rotatable bonds is 1. The normalized spacial score (nSPS) is 21.2. The maximum atomic E-state index is 5.53. The molecule has 4 nitrogen and oxygen atoms in total. The smallest absolute Gasteiger partial charge is 0.119 e. The van der Waals surface area contributed by atoms with Crippen molar-refractivity contribution < 1.29 is 4.74 Å². The minimum atomic E-state index is 0.414. The molecule has 1 aromatic carbocycles. The number of fused-ring (bicyclic) bond motifs is 3. The van der Waals surface area contributed by atoms with Crippen LogP contribution < -0.4 is 10.6 Å². The summed E-state index contributed by atoms with van der Waals surface area (Å²) < 4.78 is 5.29. The molecule has 3 rings (SSSR count). The average molecular weight is 243 g/mol. The topological polar surface area (TPSA) is 63.4 Å². The van der Waals surface area contributed by atoms with Gasteiger partial charge < -0.3 is 15.6 Å². The van der Waals surface area contributed by atoms with Gasteiger partial charge in [0.05, 0.1) is 18.5 Å². The first kappa shape index (κ1) is 11.1. The Labute approximate surface area is 106 Å². The van der Waals surface area contributed by atoms with Crippen molar-refractivity contribution in [1.82, 2.24) is 4.98 Å². The van der Waals surface area contributed by atoms with E-state index in [4.69, 9.17) is 10.6 Å². The predicted molar refractivity (Wildman–Crippen MR) is 73.1 cm³/mol. The zero-order valence-electron chi connectivity index (χ0n) is 10.7. The number of nitrogens with one attached hydrogen (secondary N) is 1. The number of aromatic amines is 1. The van der Waals surface area contributed by atoms with E-state index < -0.39 is 0 Å². The lowest BCUT2D eigenvalue weighted by Gasteiger charge is -2.20. The third kappa shape index (κ3) is 1.49. The molecule has 0 radical (unpaired) electrons. The monoisotopic (exact) mass is 243 g/mol. The third-order valence-corrected chi connectivity index (χ3v) is 3.80. The van der Waals surface area contributed by atoms with Crippen molar-refractivity contribution in [3.05, 3.63) is 29.5 Å². The molecule has 1 aliphatic rings. The molecule has 0 aliphatic heterocycles. The second-order valence-electron chi connectivity index (χ2n) is 4.84. The molecule has 1 aliphatic carbocycles. The van der Waals surface area contributed by atoms with Gasteiger partial charge in [0.2, 0.25) is 0 Å². The van der Waals surface area contributed by atoms with Crippen molar-refractivity contribution in [2.45, 2.75) is 19.8 Å². The first-order valence-corrected chi connectivity index (χ1v) is 6.21. The maximum Gasteiger partial charge on any atom is 0.119 e. The van der Waals surface area contributed by atoms with Crippen LogP contribution in [0.25, 0.3) is 10.9 Å². The molecule has 0 amide bonds. The molecule has 3 N–H and O–H groups in total. The highest BCUT2D eigenvalue weighted by Gasteiger charge is 2.25. The Hall–Kier alpha value is -1.97. The molecule has 1 atom stereocenters. The van der Waals surface area contributed by atoms with Crippen LogP contribution in [0, 0.1) is 5.92 Å². The van der Waals surface area contributed by atoms with Crippen molar-refractivity contribution in [2.75, 3.05) is 7.11 Å². The summed E-state index contributed by atoms with van der Waals surface area (Å²) in [6, 6.07) is 6.09. The maximum absolute atomic E-state index is 5.53. The first-order chi connectivity index (χ1) is 8.74. The third-order valence-electron chi connectivity index (χ3n) is 3.80. The van der Waals surface area contributed by atoms with Gasteiger partial charge in [-0.15, -0.1) is 0 Å². The SMILES string of the molecule is COc1ccc2[nH]c3c(c2c1)CCC(C)C3=NN. The minimum absolute atomic E-state index is 0.414. The van der Waals surface area contributed by atoms with Crippen LogP contribution >= 0.6 is 0 Å². The molecular weight excluding hydrogens is 226 g/mol. The summed E-state index contributed by atoms with van der Waals surface area (Å²) in [5, 5.41) is 5.18. The number of hydrazone groups is 1. The van der Waals surface area contributed by atoms with E-state index >= 15 is 0 Å². The number of aromatic nitrogens is 1. The van der Waals surface area contributed by atoms with Crippen LogP contribution in [0.1, 0.15) is 24.6 Å². The number of benzene rings is 1. The summed E-state index contributed by atoms with van der Waals surface area (Å²) in [7, 11) is 1.69. The van der Waals surface area contributed by atoms with E-state index in [1.807, 2.05) is 12.1 Å². The Morgan fingerprint density at radius 1 is 1.44 bits per heavy atom. The van der Waals surface area contributed by atoms with Crippen LogP contribution in [0.4, 0.5) is 0 Å². The summed E-state index contributed by atoms with van der Waals surface area (Å²) in [5.74, 6) is 6.83. The first-order valence-electron chi connectivity index (χ1n) is 6.21. The highest BCUT2D eigenvalue weighted by Crippen LogP contribution is 2.33. The Kier molecular flexibility index (Phi) is 2.51. The zero-order valence-corrected chi connectivity index (χ0v) is 10.7. The Bertz CT molecular complexity index is 627. The standard InChI is InChI=1S/C14H17N3O/c1-8-3-5-10-11-7-9(18-2)4-6-12(11)16-14(10)13(8)17-15/h4,6-8,16H,3,5,15H2,1-2H3. The Morgan fingerprint density at radius 2 is 2.28 bits per heavy atom. The molecule has 1 aromatic heterocycles. The van der Waals surface area contributed by atoms with E-state index in [-0.39, 0.29) is 0 Å². The minimum Gasteiger partial charge on any atom is -0.497 e. The molecule has 0 saturated carbocycles. The fraction of sp³-hybridized carbons (Fsp3) is 0.357. The van der Waals surface area contributed by atoms with Gasteiger partial charge in [0.15, 0.2) is 0 Å². The number of nitrogens with zero attached hydrogens (tertiary/aromatic N) is 1. The second-order valence-corrected chi connectivity index (χ2v) is 4.84. The summed E-state index contributed by atoms with van der Waals surface area (Å²) in [4.78, 5) is 3.43. The molecule has 1 heterocycles. The van der Waals surface area contributed by atoms with Crippen molar-refractivity contribution in [2.24, 2.45) is 16.9 Å². The largest absolute Gasteiger partial charge is 0.497 e. The summed E-state index contributed by atoms with van der Waals surface area (Å²) in [6.07, 6.45) is 2.15. The lowest BCUT2D eigenvalue weighted by Crippen LogP contribution is -2.22. The second kappa shape index (κ2) is 4.05. The lowest BCUT2D eigenvalue weighted by molar-refractivity contribution is 0.415.